The average Bonchev–Trinajstić information content (AvgIpc) is 2.65. The SMILES string of the molecule is COCCCC(=O)NS(=O)(=O)c1ccc(C)s1. The van der Waals surface area contributed by atoms with E-state index >= 15 is 0 Å². The molecule has 0 unspecified atom stereocenters. The van der Waals surface area contributed by atoms with Crippen molar-refractivity contribution in [3.8, 4) is 0 Å². The Hall–Kier alpha value is -0.920. The quantitative estimate of drug-likeness (QED) is 0.795. The van der Waals surface area contributed by atoms with Crippen LogP contribution < -0.4 is 4.72 Å². The van der Waals surface area contributed by atoms with E-state index in [9.17, 15) is 13.2 Å². The van der Waals surface area contributed by atoms with Crippen LogP contribution in [0.15, 0.2) is 16.3 Å². The Labute approximate surface area is 105 Å². The number of hydrogen-bond acceptors (Lipinski definition) is 5. The third-order valence-corrected chi connectivity index (χ3v) is 4.85. The second-order valence-corrected chi connectivity index (χ2v) is 6.69. The van der Waals surface area contributed by atoms with Crippen LogP contribution in [-0.2, 0) is 19.6 Å². The molecule has 17 heavy (non-hydrogen) atoms. The van der Waals surface area contributed by atoms with Gasteiger partial charge in [0, 0.05) is 25.0 Å². The first kappa shape index (κ1) is 14.1. The van der Waals surface area contributed by atoms with Crippen molar-refractivity contribution in [1.82, 2.24) is 4.72 Å². The summed E-state index contributed by atoms with van der Waals surface area (Å²) < 4.78 is 30.4. The van der Waals surface area contributed by atoms with Crippen LogP contribution in [0, 0.1) is 6.92 Å². The maximum Gasteiger partial charge on any atom is 0.273 e. The minimum Gasteiger partial charge on any atom is -0.385 e. The summed E-state index contributed by atoms with van der Waals surface area (Å²) in [4.78, 5) is 12.3. The van der Waals surface area contributed by atoms with Crippen LogP contribution in [0.1, 0.15) is 17.7 Å². The van der Waals surface area contributed by atoms with Crippen LogP contribution in [0.2, 0.25) is 0 Å². The first-order valence-corrected chi connectivity index (χ1v) is 7.36. The van der Waals surface area contributed by atoms with E-state index in [0.717, 1.165) is 16.2 Å². The molecule has 0 saturated heterocycles. The van der Waals surface area contributed by atoms with E-state index in [1.165, 1.54) is 13.2 Å². The number of amides is 1. The van der Waals surface area contributed by atoms with Gasteiger partial charge >= 0.3 is 0 Å². The molecule has 0 saturated carbocycles. The van der Waals surface area contributed by atoms with Gasteiger partial charge in [0.05, 0.1) is 0 Å². The van der Waals surface area contributed by atoms with E-state index in [1.54, 1.807) is 6.07 Å². The number of sulfonamides is 1. The number of rotatable bonds is 6. The molecule has 0 bridgehead atoms. The number of hydrogen-bond donors (Lipinski definition) is 1. The van der Waals surface area contributed by atoms with Crippen molar-refractivity contribution >= 4 is 27.3 Å². The smallest absolute Gasteiger partial charge is 0.273 e. The van der Waals surface area contributed by atoms with Gasteiger partial charge in [-0.05, 0) is 25.5 Å². The minimum atomic E-state index is -3.70. The molecule has 1 rings (SSSR count). The monoisotopic (exact) mass is 277 g/mol. The number of aryl methyl sites for hydroxylation is 1. The summed E-state index contributed by atoms with van der Waals surface area (Å²) in [6.45, 7) is 2.25. The van der Waals surface area contributed by atoms with E-state index in [1.807, 2.05) is 11.6 Å². The standard InChI is InChI=1S/C10H15NO4S2/c1-8-5-6-10(16-8)17(13,14)11-9(12)4-3-7-15-2/h5-6H,3-4,7H2,1-2H3,(H,11,12). The summed E-state index contributed by atoms with van der Waals surface area (Å²) in [5.74, 6) is -0.506. The predicted octanol–water partition coefficient (Wildman–Crippen LogP) is 1.29. The Balaban J connectivity index is 2.58. The first-order valence-electron chi connectivity index (χ1n) is 5.07. The lowest BCUT2D eigenvalue weighted by atomic mass is 10.3. The van der Waals surface area contributed by atoms with Crippen molar-refractivity contribution in [2.75, 3.05) is 13.7 Å². The summed E-state index contributed by atoms with van der Waals surface area (Å²) in [5, 5.41) is 0. The van der Waals surface area contributed by atoms with Crippen molar-refractivity contribution in [3.05, 3.63) is 17.0 Å². The maximum atomic E-state index is 11.7. The van der Waals surface area contributed by atoms with Gasteiger partial charge < -0.3 is 4.74 Å². The van der Waals surface area contributed by atoms with Crippen LogP contribution in [0.3, 0.4) is 0 Å². The van der Waals surface area contributed by atoms with Gasteiger partial charge in [0.1, 0.15) is 4.21 Å². The molecular formula is C10H15NO4S2. The van der Waals surface area contributed by atoms with E-state index in [2.05, 4.69) is 0 Å². The highest BCUT2D eigenvalue weighted by Gasteiger charge is 2.18. The molecule has 0 fully saturated rings. The van der Waals surface area contributed by atoms with E-state index in [-0.39, 0.29) is 10.6 Å². The van der Waals surface area contributed by atoms with Crippen LogP contribution in [0.5, 0.6) is 0 Å². The molecule has 0 aromatic carbocycles. The highest BCUT2D eigenvalue weighted by atomic mass is 32.2. The molecular weight excluding hydrogens is 262 g/mol. The van der Waals surface area contributed by atoms with Gasteiger partial charge in [-0.2, -0.15) is 0 Å². The molecule has 1 amide bonds. The third-order valence-electron chi connectivity index (χ3n) is 1.98. The van der Waals surface area contributed by atoms with Gasteiger partial charge in [-0.1, -0.05) is 0 Å². The molecule has 0 atom stereocenters. The molecule has 7 heteroatoms. The average molecular weight is 277 g/mol. The lowest BCUT2D eigenvalue weighted by Crippen LogP contribution is -2.29. The summed E-state index contributed by atoms with van der Waals surface area (Å²) >= 11 is 1.14. The third kappa shape index (κ3) is 4.45. The molecule has 5 nitrogen and oxygen atoms in total. The Morgan fingerprint density at radius 3 is 2.71 bits per heavy atom. The molecule has 0 aliphatic rings. The molecule has 0 radical (unpaired) electrons. The Morgan fingerprint density at radius 1 is 1.47 bits per heavy atom. The van der Waals surface area contributed by atoms with Crippen molar-refractivity contribution in [1.29, 1.82) is 0 Å². The molecule has 1 heterocycles. The maximum absolute atomic E-state index is 11.7. The van der Waals surface area contributed by atoms with Gasteiger partial charge in [0.25, 0.3) is 10.0 Å². The zero-order valence-electron chi connectivity index (χ0n) is 9.73. The van der Waals surface area contributed by atoms with Gasteiger partial charge in [0.2, 0.25) is 5.91 Å². The van der Waals surface area contributed by atoms with E-state index < -0.39 is 15.9 Å². The zero-order valence-corrected chi connectivity index (χ0v) is 11.4. The zero-order chi connectivity index (χ0) is 12.9. The van der Waals surface area contributed by atoms with Gasteiger partial charge in [-0.15, -0.1) is 11.3 Å². The van der Waals surface area contributed by atoms with Crippen molar-refractivity contribution in [2.45, 2.75) is 24.0 Å². The molecule has 0 spiro atoms. The summed E-state index contributed by atoms with van der Waals surface area (Å²) in [6, 6.07) is 3.19. The highest BCUT2D eigenvalue weighted by molar-refractivity contribution is 7.92. The molecule has 1 aromatic heterocycles. The fraction of sp³-hybridized carbons (Fsp3) is 0.500. The van der Waals surface area contributed by atoms with Crippen LogP contribution >= 0.6 is 11.3 Å². The first-order chi connectivity index (χ1) is 7.95. The molecule has 96 valence electrons. The fourth-order valence-corrected chi connectivity index (χ4v) is 3.48. The van der Waals surface area contributed by atoms with E-state index in [4.69, 9.17) is 4.74 Å². The predicted molar refractivity (Wildman–Crippen MR) is 65.5 cm³/mol. The van der Waals surface area contributed by atoms with Crippen LogP contribution in [-0.4, -0.2) is 28.0 Å². The summed E-state index contributed by atoms with van der Waals surface area (Å²) in [5.41, 5.74) is 0. The number of carbonyl (C=O) groups excluding carboxylic acids is 1. The number of ether oxygens (including phenoxy) is 1. The minimum absolute atomic E-state index is 0.136. The van der Waals surface area contributed by atoms with Crippen LogP contribution in [0.4, 0.5) is 0 Å². The van der Waals surface area contributed by atoms with Gasteiger partial charge in [-0.3, -0.25) is 4.79 Å². The number of methoxy groups -OCH3 is 1. The molecule has 1 aromatic rings. The summed E-state index contributed by atoms with van der Waals surface area (Å²) in [6.07, 6.45) is 0.638. The second-order valence-electron chi connectivity index (χ2n) is 3.49. The van der Waals surface area contributed by atoms with Crippen LogP contribution in [0.25, 0.3) is 0 Å². The number of nitrogens with one attached hydrogen (secondary N) is 1. The molecule has 0 aliphatic heterocycles. The Bertz CT molecular complexity index is 478. The highest BCUT2D eigenvalue weighted by Crippen LogP contribution is 2.20. The lowest BCUT2D eigenvalue weighted by Gasteiger charge is -2.04. The lowest BCUT2D eigenvalue weighted by molar-refractivity contribution is -0.119. The summed E-state index contributed by atoms with van der Waals surface area (Å²) in [7, 11) is -2.17. The topological polar surface area (TPSA) is 72.5 Å². The largest absolute Gasteiger partial charge is 0.385 e. The second kappa shape index (κ2) is 6.13. The van der Waals surface area contributed by atoms with Gasteiger partial charge in [0.15, 0.2) is 0 Å². The fourth-order valence-electron chi connectivity index (χ4n) is 1.18. The van der Waals surface area contributed by atoms with Gasteiger partial charge in [-0.25, -0.2) is 13.1 Å². The Morgan fingerprint density at radius 2 is 2.18 bits per heavy atom. The van der Waals surface area contributed by atoms with E-state index in [0.29, 0.717) is 13.0 Å². The number of carbonyl (C=O) groups is 1. The Kier molecular flexibility index (Phi) is 5.10. The van der Waals surface area contributed by atoms with Crippen molar-refractivity contribution < 1.29 is 17.9 Å². The molecule has 1 N–H and O–H groups in total. The van der Waals surface area contributed by atoms with Crippen molar-refractivity contribution in [3.63, 3.8) is 0 Å². The van der Waals surface area contributed by atoms with Crippen molar-refractivity contribution in [2.24, 2.45) is 0 Å². The normalized spacial score (nSPS) is 11.4. The molecule has 0 aliphatic carbocycles. The number of thiophene rings is 1.